The Hall–Kier alpha value is -2.17. The van der Waals surface area contributed by atoms with Crippen LogP contribution in [-0.2, 0) is 13.6 Å². The van der Waals surface area contributed by atoms with E-state index in [9.17, 15) is 0 Å². The van der Waals surface area contributed by atoms with Gasteiger partial charge in [-0.1, -0.05) is 56.0 Å². The number of hydrogen-bond acceptors (Lipinski definition) is 3. The van der Waals surface area contributed by atoms with Crippen molar-refractivity contribution in [3.63, 3.8) is 0 Å². The van der Waals surface area contributed by atoms with E-state index in [1.54, 1.807) is 5.57 Å². The normalized spacial score (nSPS) is 31.5. The van der Waals surface area contributed by atoms with E-state index in [1.807, 2.05) is 11.6 Å². The van der Waals surface area contributed by atoms with Crippen molar-refractivity contribution in [1.29, 1.82) is 0 Å². The molecule has 2 aromatic rings. The summed E-state index contributed by atoms with van der Waals surface area (Å²) in [4.78, 5) is 8.56. The maximum atomic E-state index is 6.14. The van der Waals surface area contributed by atoms with Gasteiger partial charge >= 0.3 is 5.65 Å². The topological polar surface area (TPSA) is 60.6 Å². The fourth-order valence-electron chi connectivity index (χ4n) is 6.23. The summed E-state index contributed by atoms with van der Waals surface area (Å²) in [6.45, 7) is 13.1. The molecule has 5 heteroatoms. The van der Waals surface area contributed by atoms with Crippen molar-refractivity contribution in [2.24, 2.45) is 29.7 Å². The van der Waals surface area contributed by atoms with Crippen LogP contribution in [0.15, 0.2) is 36.0 Å². The SMILES string of the molecule is C/C(=C\Cn1c[n+](C)c2ncnc(N)c21)CC[C@]1(C)C2=CCC[C@@H](C)[C@]2(C)CC[C@H]1C. The molecule has 2 heterocycles. The van der Waals surface area contributed by atoms with Crippen LogP contribution in [0.1, 0.15) is 73.1 Å². The van der Waals surface area contributed by atoms with E-state index in [4.69, 9.17) is 5.73 Å². The van der Waals surface area contributed by atoms with Crippen LogP contribution in [-0.4, -0.2) is 14.5 Å². The summed E-state index contributed by atoms with van der Waals surface area (Å²) in [7, 11) is 2.00. The lowest BCUT2D eigenvalue weighted by molar-refractivity contribution is -0.647. The van der Waals surface area contributed by atoms with Crippen LogP contribution >= 0.6 is 0 Å². The van der Waals surface area contributed by atoms with Crippen LogP contribution in [0, 0.1) is 22.7 Å². The summed E-state index contributed by atoms with van der Waals surface area (Å²) in [5, 5.41) is 0. The Morgan fingerprint density at radius 2 is 2.03 bits per heavy atom. The van der Waals surface area contributed by atoms with Gasteiger partial charge < -0.3 is 5.73 Å². The first-order valence-electron chi connectivity index (χ1n) is 12.0. The Morgan fingerprint density at radius 1 is 1.26 bits per heavy atom. The number of nitrogens with zero attached hydrogens (tertiary/aromatic N) is 4. The molecule has 0 aromatic carbocycles. The van der Waals surface area contributed by atoms with Crippen LogP contribution in [0.3, 0.4) is 0 Å². The number of nitrogen functional groups attached to an aromatic ring is 1. The first kappa shape index (κ1) is 22.0. The zero-order valence-electron chi connectivity index (χ0n) is 20.3. The molecule has 0 bridgehead atoms. The van der Waals surface area contributed by atoms with Crippen LogP contribution in [0.4, 0.5) is 5.82 Å². The molecule has 2 aromatic heterocycles. The van der Waals surface area contributed by atoms with E-state index in [0.29, 0.717) is 16.6 Å². The second kappa shape index (κ2) is 8.07. The maximum absolute atomic E-state index is 6.14. The molecule has 0 saturated heterocycles. The van der Waals surface area contributed by atoms with Crippen molar-refractivity contribution in [2.75, 3.05) is 5.73 Å². The van der Waals surface area contributed by atoms with E-state index in [-0.39, 0.29) is 0 Å². The highest BCUT2D eigenvalue weighted by Crippen LogP contribution is 2.61. The van der Waals surface area contributed by atoms with Gasteiger partial charge in [0.25, 0.3) is 0 Å². The average Bonchev–Trinajstić information content (AvgIpc) is 3.07. The molecule has 4 atom stereocenters. The monoisotopic (exact) mass is 422 g/mol. The first-order valence-corrected chi connectivity index (χ1v) is 12.0. The Morgan fingerprint density at radius 3 is 2.81 bits per heavy atom. The fraction of sp³-hybridized carbons (Fsp3) is 0.654. The first-order chi connectivity index (χ1) is 14.7. The Kier molecular flexibility index (Phi) is 5.74. The summed E-state index contributed by atoms with van der Waals surface area (Å²) < 4.78 is 4.17. The predicted molar refractivity (Wildman–Crippen MR) is 127 cm³/mol. The van der Waals surface area contributed by atoms with Crippen molar-refractivity contribution in [3.05, 3.63) is 36.0 Å². The maximum Gasteiger partial charge on any atom is 0.307 e. The highest BCUT2D eigenvalue weighted by Gasteiger charge is 2.50. The molecule has 2 aliphatic carbocycles. The summed E-state index contributed by atoms with van der Waals surface area (Å²) in [6, 6.07) is 0. The van der Waals surface area contributed by atoms with Gasteiger partial charge in [-0.2, -0.15) is 4.98 Å². The lowest BCUT2D eigenvalue weighted by atomic mass is 9.49. The molecule has 2 N–H and O–H groups in total. The van der Waals surface area contributed by atoms with Crippen molar-refractivity contribution in [3.8, 4) is 0 Å². The van der Waals surface area contributed by atoms with E-state index in [2.05, 4.69) is 67.6 Å². The molecule has 0 radical (unpaired) electrons. The van der Waals surface area contributed by atoms with E-state index < -0.39 is 0 Å². The average molecular weight is 423 g/mol. The molecule has 0 amide bonds. The largest absolute Gasteiger partial charge is 0.380 e. The van der Waals surface area contributed by atoms with Crippen molar-refractivity contribution >= 4 is 17.0 Å². The molecule has 5 nitrogen and oxygen atoms in total. The summed E-state index contributed by atoms with van der Waals surface area (Å²) >= 11 is 0. The van der Waals surface area contributed by atoms with E-state index in [1.165, 1.54) is 44.0 Å². The van der Waals surface area contributed by atoms with E-state index >= 15 is 0 Å². The summed E-state index contributed by atoms with van der Waals surface area (Å²) in [6.07, 6.45) is 16.2. The minimum absolute atomic E-state index is 0.307. The van der Waals surface area contributed by atoms with Gasteiger partial charge in [0.2, 0.25) is 5.52 Å². The molecule has 31 heavy (non-hydrogen) atoms. The van der Waals surface area contributed by atoms with Crippen LogP contribution in [0.2, 0.25) is 0 Å². The third-order valence-electron chi connectivity index (χ3n) is 8.89. The lowest BCUT2D eigenvalue weighted by Crippen LogP contribution is -2.45. The Bertz CT molecular complexity index is 1030. The number of rotatable bonds is 5. The molecule has 1 saturated carbocycles. The second-order valence-corrected chi connectivity index (χ2v) is 10.7. The van der Waals surface area contributed by atoms with Crippen molar-refractivity contribution < 1.29 is 4.57 Å². The van der Waals surface area contributed by atoms with Gasteiger partial charge in [-0.25, -0.2) is 4.57 Å². The number of allylic oxidation sites excluding steroid dienone is 4. The zero-order chi connectivity index (χ0) is 22.4. The third kappa shape index (κ3) is 3.70. The van der Waals surface area contributed by atoms with Gasteiger partial charge in [0.15, 0.2) is 18.5 Å². The number of aryl methyl sites for hydroxylation is 1. The number of fused-ring (bicyclic) bond motifs is 2. The Balaban J connectivity index is 1.51. The molecule has 0 aliphatic heterocycles. The molecule has 2 aliphatic rings. The molecule has 0 unspecified atom stereocenters. The minimum Gasteiger partial charge on any atom is -0.380 e. The lowest BCUT2D eigenvalue weighted by Gasteiger charge is -2.56. The highest BCUT2D eigenvalue weighted by molar-refractivity contribution is 5.79. The molecule has 168 valence electrons. The van der Waals surface area contributed by atoms with Crippen molar-refractivity contribution in [2.45, 2.75) is 79.7 Å². The second-order valence-electron chi connectivity index (χ2n) is 10.7. The molecule has 0 spiro atoms. The molecular formula is C26H40N5+. The van der Waals surface area contributed by atoms with Gasteiger partial charge in [0, 0.05) is 0 Å². The summed E-state index contributed by atoms with van der Waals surface area (Å²) in [5.41, 5.74) is 11.8. The number of anilines is 1. The molecular weight excluding hydrogens is 382 g/mol. The van der Waals surface area contributed by atoms with Gasteiger partial charge in [-0.3, -0.25) is 4.57 Å². The highest BCUT2D eigenvalue weighted by atomic mass is 15.2. The summed E-state index contributed by atoms with van der Waals surface area (Å²) in [5.74, 6) is 2.08. The third-order valence-corrected chi connectivity index (χ3v) is 8.89. The molecule has 1 fully saturated rings. The zero-order valence-corrected chi connectivity index (χ0v) is 20.3. The van der Waals surface area contributed by atoms with Crippen molar-refractivity contribution in [1.82, 2.24) is 14.5 Å². The predicted octanol–water partition coefficient (Wildman–Crippen LogP) is 5.36. The van der Waals surface area contributed by atoms with Gasteiger partial charge in [0.1, 0.15) is 0 Å². The quantitative estimate of drug-likeness (QED) is 0.521. The number of nitrogens with two attached hydrogens (primary N) is 1. The Labute approximate surface area is 187 Å². The standard InChI is InChI=1S/C26H40N5/c1-18(12-15-31-17-30(6)24-22(31)23(27)28-16-29-24)10-13-25(4)20(3)11-14-26(5)19(2)8-7-9-21(25)26/h9,12,16-17,19-20H,7-8,10-11,13-15H2,1-6H3,(H2,27,28,29)/q+1/b18-12+/t19-,20-,25+,26+/m1/s1. The molecule has 4 rings (SSSR count). The minimum atomic E-state index is 0.307. The van der Waals surface area contributed by atoms with Crippen LogP contribution in [0.25, 0.3) is 11.2 Å². The van der Waals surface area contributed by atoms with Gasteiger partial charge in [0.05, 0.1) is 13.6 Å². The van der Waals surface area contributed by atoms with Gasteiger partial charge in [-0.05, 0) is 68.1 Å². The van der Waals surface area contributed by atoms with E-state index in [0.717, 1.165) is 36.0 Å². The number of hydrogen-bond donors (Lipinski definition) is 1. The number of aromatic nitrogens is 4. The fourth-order valence-corrected chi connectivity index (χ4v) is 6.23. The smallest absolute Gasteiger partial charge is 0.307 e. The van der Waals surface area contributed by atoms with Crippen LogP contribution < -0.4 is 10.3 Å². The van der Waals surface area contributed by atoms with Crippen LogP contribution in [0.5, 0.6) is 0 Å². The van der Waals surface area contributed by atoms with Gasteiger partial charge in [-0.15, -0.1) is 0 Å². The number of imidazole rings is 1.